The second kappa shape index (κ2) is 13.4. The molecular weight excluding hydrogens is 479 g/mol. The third-order valence-corrected chi connectivity index (χ3v) is 5.72. The molecule has 1 fully saturated rings. The maximum atomic E-state index is 5.96. The lowest BCUT2D eigenvalue weighted by atomic mass is 10.00. The Morgan fingerprint density at radius 1 is 1.14 bits per heavy atom. The summed E-state index contributed by atoms with van der Waals surface area (Å²) in [5.74, 6) is 1.02. The van der Waals surface area contributed by atoms with E-state index in [0.29, 0.717) is 6.10 Å². The summed E-state index contributed by atoms with van der Waals surface area (Å²) in [6.45, 7) is 7.76. The van der Waals surface area contributed by atoms with Gasteiger partial charge in [-0.15, -0.1) is 24.0 Å². The number of hydrogen-bond donors (Lipinski definition) is 1. The number of nitrogens with zero attached hydrogens (tertiary/aromatic N) is 3. The van der Waals surface area contributed by atoms with Crippen LogP contribution in [-0.4, -0.2) is 82.0 Å². The first kappa shape index (κ1) is 24.4. The van der Waals surface area contributed by atoms with Gasteiger partial charge in [0.1, 0.15) is 0 Å². The molecule has 1 aromatic rings. The molecule has 0 spiro atoms. The predicted octanol–water partition coefficient (Wildman–Crippen LogP) is 2.76. The Morgan fingerprint density at radius 2 is 1.90 bits per heavy atom. The third-order valence-electron chi connectivity index (χ3n) is 5.72. The first-order valence-electron chi connectivity index (χ1n) is 10.7. The van der Waals surface area contributed by atoms with Crippen LogP contribution in [0.2, 0.25) is 0 Å². The number of benzene rings is 1. The van der Waals surface area contributed by atoms with Gasteiger partial charge in [0, 0.05) is 66.6 Å². The van der Waals surface area contributed by atoms with Gasteiger partial charge in [0.05, 0.1) is 6.10 Å². The average Bonchev–Trinajstić information content (AvgIpc) is 2.75. The maximum Gasteiger partial charge on any atom is 0.193 e. The summed E-state index contributed by atoms with van der Waals surface area (Å²) < 4.78 is 11.0. The fourth-order valence-corrected chi connectivity index (χ4v) is 4.09. The molecule has 0 unspecified atom stereocenters. The zero-order chi connectivity index (χ0) is 19.6. The lowest BCUT2D eigenvalue weighted by Gasteiger charge is -2.34. The first-order chi connectivity index (χ1) is 13.8. The highest BCUT2D eigenvalue weighted by molar-refractivity contribution is 14.0. The van der Waals surface area contributed by atoms with Gasteiger partial charge in [0.25, 0.3) is 0 Å². The molecule has 0 aliphatic carbocycles. The highest BCUT2D eigenvalue weighted by atomic mass is 127. The molecule has 2 aliphatic heterocycles. The molecule has 0 radical (unpaired) electrons. The van der Waals surface area contributed by atoms with Crippen molar-refractivity contribution < 1.29 is 9.47 Å². The molecule has 2 aliphatic rings. The SMILES string of the molecule is CN=C(NCCN1CCc2ccccc2C1)N1CCC(OCCCOC)CC1.I. The van der Waals surface area contributed by atoms with Crippen molar-refractivity contribution in [1.29, 1.82) is 0 Å². The Morgan fingerprint density at radius 3 is 2.62 bits per heavy atom. The van der Waals surface area contributed by atoms with E-state index in [1.807, 2.05) is 7.05 Å². The minimum absolute atomic E-state index is 0. The summed E-state index contributed by atoms with van der Waals surface area (Å²) >= 11 is 0. The highest BCUT2D eigenvalue weighted by Gasteiger charge is 2.22. The maximum absolute atomic E-state index is 5.96. The lowest BCUT2D eigenvalue weighted by Crippen LogP contribution is -2.48. The molecule has 164 valence electrons. The lowest BCUT2D eigenvalue weighted by molar-refractivity contribution is 0.00989. The van der Waals surface area contributed by atoms with E-state index in [0.717, 1.165) is 84.1 Å². The Bertz CT molecular complexity index is 621. The fraction of sp³-hybridized carbons (Fsp3) is 0.682. The molecule has 1 saturated heterocycles. The number of hydrogen-bond acceptors (Lipinski definition) is 4. The van der Waals surface area contributed by atoms with E-state index in [2.05, 4.69) is 44.4 Å². The molecule has 6 nitrogen and oxygen atoms in total. The number of ether oxygens (including phenoxy) is 2. The summed E-state index contributed by atoms with van der Waals surface area (Å²) in [4.78, 5) is 9.39. The first-order valence-corrected chi connectivity index (χ1v) is 10.7. The van der Waals surface area contributed by atoms with Crippen molar-refractivity contribution in [2.24, 2.45) is 4.99 Å². The number of likely N-dealkylation sites (tertiary alicyclic amines) is 1. The molecule has 0 bridgehead atoms. The molecule has 0 aromatic heterocycles. The standard InChI is InChI=1S/C22H36N4O2.HI/c1-23-22(26-13-9-21(10-14-26)28-17-5-16-27-2)24-11-15-25-12-8-19-6-3-4-7-20(19)18-25;/h3-4,6-7,21H,5,8-18H2,1-2H3,(H,23,24);1H. The minimum atomic E-state index is 0. The third kappa shape index (κ3) is 7.70. The molecule has 3 rings (SSSR count). The minimum Gasteiger partial charge on any atom is -0.385 e. The van der Waals surface area contributed by atoms with Crippen LogP contribution in [0, 0.1) is 0 Å². The van der Waals surface area contributed by atoms with Gasteiger partial charge < -0.3 is 19.7 Å². The van der Waals surface area contributed by atoms with E-state index in [9.17, 15) is 0 Å². The van der Waals surface area contributed by atoms with Crippen LogP contribution in [0.1, 0.15) is 30.4 Å². The van der Waals surface area contributed by atoms with E-state index in [1.54, 1.807) is 7.11 Å². The summed E-state index contributed by atoms with van der Waals surface area (Å²) in [5.41, 5.74) is 2.99. The van der Waals surface area contributed by atoms with Crippen molar-refractivity contribution in [3.05, 3.63) is 35.4 Å². The second-order valence-electron chi connectivity index (χ2n) is 7.67. The zero-order valence-electron chi connectivity index (χ0n) is 17.9. The van der Waals surface area contributed by atoms with Crippen LogP contribution in [0.4, 0.5) is 0 Å². The van der Waals surface area contributed by atoms with Crippen molar-refractivity contribution in [2.75, 3.05) is 60.1 Å². The van der Waals surface area contributed by atoms with Crippen LogP contribution in [-0.2, 0) is 22.4 Å². The number of guanidine groups is 1. The number of piperidine rings is 1. The largest absolute Gasteiger partial charge is 0.385 e. The van der Waals surface area contributed by atoms with E-state index in [1.165, 1.54) is 11.1 Å². The number of halogens is 1. The quantitative estimate of drug-likeness (QED) is 0.249. The molecule has 0 atom stereocenters. The molecule has 2 heterocycles. The summed E-state index contributed by atoms with van der Waals surface area (Å²) in [5, 5.41) is 3.56. The smallest absolute Gasteiger partial charge is 0.193 e. The molecule has 0 saturated carbocycles. The van der Waals surface area contributed by atoms with Crippen molar-refractivity contribution >= 4 is 29.9 Å². The van der Waals surface area contributed by atoms with E-state index >= 15 is 0 Å². The number of fused-ring (bicyclic) bond motifs is 1. The number of aliphatic imine (C=N–C) groups is 1. The van der Waals surface area contributed by atoms with Crippen molar-refractivity contribution in [3.63, 3.8) is 0 Å². The van der Waals surface area contributed by atoms with Crippen LogP contribution in [0.15, 0.2) is 29.3 Å². The van der Waals surface area contributed by atoms with Gasteiger partial charge in [0.2, 0.25) is 0 Å². The Balaban J connectivity index is 0.00000300. The van der Waals surface area contributed by atoms with Crippen LogP contribution in [0.5, 0.6) is 0 Å². The molecule has 7 heteroatoms. The molecule has 1 N–H and O–H groups in total. The fourth-order valence-electron chi connectivity index (χ4n) is 4.09. The van der Waals surface area contributed by atoms with E-state index < -0.39 is 0 Å². The Kier molecular flexibility index (Phi) is 11.3. The molecule has 0 amide bonds. The summed E-state index contributed by atoms with van der Waals surface area (Å²) in [6.07, 6.45) is 4.64. The van der Waals surface area contributed by atoms with Gasteiger partial charge in [-0.05, 0) is 36.8 Å². The average molecular weight is 516 g/mol. The topological polar surface area (TPSA) is 49.3 Å². The van der Waals surface area contributed by atoms with Gasteiger partial charge in [-0.25, -0.2) is 0 Å². The second-order valence-corrected chi connectivity index (χ2v) is 7.67. The van der Waals surface area contributed by atoms with Crippen molar-refractivity contribution in [3.8, 4) is 0 Å². The van der Waals surface area contributed by atoms with Crippen LogP contribution >= 0.6 is 24.0 Å². The van der Waals surface area contributed by atoms with Crippen molar-refractivity contribution in [1.82, 2.24) is 15.1 Å². The van der Waals surface area contributed by atoms with Crippen LogP contribution < -0.4 is 5.32 Å². The van der Waals surface area contributed by atoms with E-state index in [-0.39, 0.29) is 24.0 Å². The molecule has 29 heavy (non-hydrogen) atoms. The zero-order valence-corrected chi connectivity index (χ0v) is 20.3. The highest BCUT2D eigenvalue weighted by Crippen LogP contribution is 2.18. The van der Waals surface area contributed by atoms with E-state index in [4.69, 9.17) is 9.47 Å². The monoisotopic (exact) mass is 516 g/mol. The van der Waals surface area contributed by atoms with Gasteiger partial charge in [-0.3, -0.25) is 9.89 Å². The number of rotatable bonds is 8. The normalized spacial score (nSPS) is 18.3. The van der Waals surface area contributed by atoms with Gasteiger partial charge in [0.15, 0.2) is 5.96 Å². The Hall–Kier alpha value is -0.900. The van der Waals surface area contributed by atoms with Gasteiger partial charge in [-0.2, -0.15) is 0 Å². The van der Waals surface area contributed by atoms with Crippen molar-refractivity contribution in [2.45, 2.75) is 38.3 Å². The summed E-state index contributed by atoms with van der Waals surface area (Å²) in [7, 11) is 3.62. The summed E-state index contributed by atoms with van der Waals surface area (Å²) in [6, 6.07) is 8.81. The number of nitrogens with one attached hydrogen (secondary N) is 1. The molecular formula is C22H37IN4O2. The van der Waals surface area contributed by atoms with Crippen LogP contribution in [0.3, 0.4) is 0 Å². The van der Waals surface area contributed by atoms with Gasteiger partial charge >= 0.3 is 0 Å². The predicted molar refractivity (Wildman–Crippen MR) is 129 cm³/mol. The van der Waals surface area contributed by atoms with Gasteiger partial charge in [-0.1, -0.05) is 24.3 Å². The molecule has 1 aromatic carbocycles. The Labute approximate surface area is 193 Å². The van der Waals surface area contributed by atoms with Crippen LogP contribution in [0.25, 0.3) is 0 Å². The number of methoxy groups -OCH3 is 1.